The van der Waals surface area contributed by atoms with E-state index in [0.717, 1.165) is 54.7 Å². The molecule has 1 amide bonds. The Kier molecular flexibility index (Phi) is 12.8. The van der Waals surface area contributed by atoms with Crippen LogP contribution >= 0.6 is 11.8 Å². The van der Waals surface area contributed by atoms with Gasteiger partial charge in [0.25, 0.3) is 5.91 Å². The summed E-state index contributed by atoms with van der Waals surface area (Å²) in [6.45, 7) is 5.47. The van der Waals surface area contributed by atoms with Gasteiger partial charge in [-0.1, -0.05) is 60.7 Å². The number of rotatable bonds is 12. The number of hydrogen-bond donors (Lipinski definition) is 2. The Hall–Kier alpha value is -2.53. The third-order valence-corrected chi connectivity index (χ3v) is 7.89. The molecule has 0 aliphatic carbocycles. The molecule has 1 fully saturated rings. The molecule has 2 N–H and O–H groups in total. The topological polar surface area (TPSA) is 78.9 Å². The Morgan fingerprint density at radius 3 is 2.38 bits per heavy atom. The van der Waals surface area contributed by atoms with Gasteiger partial charge in [0, 0.05) is 25.2 Å². The number of benzene rings is 3. The number of hydrogen-bond acceptors (Lipinski definition) is 5. The van der Waals surface area contributed by atoms with Crippen LogP contribution in [0.2, 0.25) is 0 Å². The zero-order valence-corrected chi connectivity index (χ0v) is 23.6. The number of carboxylic acids is 1. The summed E-state index contributed by atoms with van der Waals surface area (Å²) in [7, 11) is 0. The summed E-state index contributed by atoms with van der Waals surface area (Å²) in [5, 5.41) is 12.3. The van der Waals surface area contributed by atoms with Gasteiger partial charge in [0.15, 0.2) is 0 Å². The molecule has 1 heterocycles. The maximum atomic E-state index is 13.3. The van der Waals surface area contributed by atoms with E-state index in [2.05, 4.69) is 34.5 Å². The number of likely N-dealkylation sites (tertiary alicyclic amines) is 1. The molecule has 3 aromatic rings. The van der Waals surface area contributed by atoms with E-state index in [1.165, 1.54) is 5.56 Å². The Morgan fingerprint density at radius 2 is 1.70 bits per heavy atom. The van der Waals surface area contributed by atoms with Crippen LogP contribution in [-0.2, 0) is 22.7 Å². The van der Waals surface area contributed by atoms with E-state index in [0.29, 0.717) is 24.3 Å². The summed E-state index contributed by atoms with van der Waals surface area (Å²) in [6, 6.07) is 23.3. The van der Waals surface area contributed by atoms with E-state index in [9.17, 15) is 14.7 Å². The average molecular weight is 555 g/mol. The van der Waals surface area contributed by atoms with Crippen molar-refractivity contribution in [3.05, 3.63) is 95.1 Å². The maximum absolute atomic E-state index is 13.3. The van der Waals surface area contributed by atoms with Crippen LogP contribution in [0.15, 0.2) is 72.8 Å². The minimum atomic E-state index is -1.02. The van der Waals surface area contributed by atoms with E-state index in [1.807, 2.05) is 55.6 Å². The van der Waals surface area contributed by atoms with Gasteiger partial charge in [0.05, 0.1) is 12.7 Å². The summed E-state index contributed by atoms with van der Waals surface area (Å²) < 4.78 is 6.32. The van der Waals surface area contributed by atoms with Crippen molar-refractivity contribution in [3.8, 4) is 11.1 Å². The fourth-order valence-electron chi connectivity index (χ4n) is 5.00. The number of ether oxygens (including phenoxy) is 1. The Labute approximate surface area is 254 Å². The van der Waals surface area contributed by atoms with Gasteiger partial charge in [-0.3, -0.25) is 9.69 Å². The van der Waals surface area contributed by atoms with Crippen LogP contribution in [0.25, 0.3) is 11.1 Å². The molecule has 0 spiro atoms. The van der Waals surface area contributed by atoms with Crippen LogP contribution in [-0.4, -0.2) is 78.0 Å². The number of piperidine rings is 1. The number of amides is 1. The van der Waals surface area contributed by atoms with Crippen molar-refractivity contribution in [2.45, 2.75) is 51.5 Å². The summed E-state index contributed by atoms with van der Waals surface area (Å²) in [6.07, 6.45) is 4.48. The minimum absolute atomic E-state index is 0. The van der Waals surface area contributed by atoms with Crippen LogP contribution in [0.5, 0.6) is 0 Å². The van der Waals surface area contributed by atoms with E-state index in [1.54, 1.807) is 17.8 Å². The summed E-state index contributed by atoms with van der Waals surface area (Å²) in [4.78, 5) is 27.5. The van der Waals surface area contributed by atoms with Crippen LogP contribution in [0.3, 0.4) is 0 Å². The number of carbonyl (C=O) groups excluding carboxylic acids is 1. The van der Waals surface area contributed by atoms with Gasteiger partial charge >= 0.3 is 24.8 Å². The predicted octanol–water partition coefficient (Wildman–Crippen LogP) is 5.13. The fraction of sp³-hybridized carbons (Fsp3) is 0.375. The van der Waals surface area contributed by atoms with Crippen LogP contribution < -0.4 is 5.32 Å². The van der Waals surface area contributed by atoms with E-state index in [4.69, 9.17) is 4.74 Å². The standard InChI is InChI=1S/C32H38N2O4S.Li.H/c1-23-8-6-7-11-27(23)29-20-25(12-13-28(29)31(35)33-30(32(36)37)16-19-39-2)22-38-26-14-17-34(18-15-26)21-24-9-4-3-5-10-24;;/h3-13,20,26,30H,14-19,21-22H2,1-2H3,(H,33,35)(H,36,37);;/t30-;;/m0../s1. The molecule has 0 saturated carbocycles. The first-order valence-electron chi connectivity index (χ1n) is 13.5. The van der Waals surface area contributed by atoms with Gasteiger partial charge in [-0.05, 0) is 78.1 Å². The molecule has 1 atom stereocenters. The summed E-state index contributed by atoms with van der Waals surface area (Å²) >= 11 is 1.56. The van der Waals surface area contributed by atoms with Crippen LogP contribution in [0.4, 0.5) is 0 Å². The van der Waals surface area contributed by atoms with Crippen molar-refractivity contribution in [1.29, 1.82) is 0 Å². The van der Waals surface area contributed by atoms with Gasteiger partial charge in [-0.2, -0.15) is 11.8 Å². The first-order valence-corrected chi connectivity index (χ1v) is 14.9. The molecule has 0 unspecified atom stereocenters. The van der Waals surface area contributed by atoms with E-state index >= 15 is 0 Å². The molecule has 3 aromatic carbocycles. The van der Waals surface area contributed by atoms with Gasteiger partial charge < -0.3 is 15.2 Å². The first kappa shape index (κ1) is 32.0. The number of aliphatic carboxylic acids is 1. The zero-order chi connectivity index (χ0) is 27.6. The third kappa shape index (κ3) is 8.99. The second kappa shape index (κ2) is 16.0. The number of carbonyl (C=O) groups is 2. The van der Waals surface area contributed by atoms with Crippen molar-refractivity contribution in [1.82, 2.24) is 10.2 Å². The number of thioether (sulfide) groups is 1. The molecular weight excluding hydrogens is 515 g/mol. The van der Waals surface area contributed by atoms with Crippen LogP contribution in [0.1, 0.15) is 46.3 Å². The van der Waals surface area contributed by atoms with Crippen LogP contribution in [0, 0.1) is 6.92 Å². The number of nitrogens with one attached hydrogen (secondary N) is 1. The normalized spacial score (nSPS) is 14.8. The van der Waals surface area contributed by atoms with Gasteiger partial charge in [0.1, 0.15) is 6.04 Å². The molecule has 1 saturated heterocycles. The fourth-order valence-corrected chi connectivity index (χ4v) is 5.47. The van der Waals surface area contributed by atoms with E-state index in [-0.39, 0.29) is 30.9 Å². The van der Waals surface area contributed by atoms with E-state index < -0.39 is 12.0 Å². The van der Waals surface area contributed by atoms with Crippen molar-refractivity contribution in [3.63, 3.8) is 0 Å². The van der Waals surface area contributed by atoms with Gasteiger partial charge in [0.2, 0.25) is 0 Å². The molecule has 0 aromatic heterocycles. The van der Waals surface area contributed by atoms with Gasteiger partial charge in [-0.15, -0.1) is 0 Å². The van der Waals surface area contributed by atoms with Crippen molar-refractivity contribution in [2.24, 2.45) is 0 Å². The second-order valence-corrected chi connectivity index (χ2v) is 11.1. The number of aryl methyl sites for hydroxylation is 1. The summed E-state index contributed by atoms with van der Waals surface area (Å²) in [5.74, 6) is -0.738. The third-order valence-electron chi connectivity index (χ3n) is 7.25. The molecule has 0 bridgehead atoms. The molecular formula is C32H39LiN2O4S. The van der Waals surface area contributed by atoms with Crippen molar-refractivity contribution < 1.29 is 19.4 Å². The quantitative estimate of drug-likeness (QED) is 0.302. The average Bonchev–Trinajstić information content (AvgIpc) is 2.95. The zero-order valence-electron chi connectivity index (χ0n) is 22.8. The number of nitrogens with zero attached hydrogens (tertiary/aromatic N) is 1. The van der Waals surface area contributed by atoms with Crippen molar-refractivity contribution in [2.75, 3.05) is 25.1 Å². The summed E-state index contributed by atoms with van der Waals surface area (Å²) in [5.41, 5.74) is 5.59. The molecule has 1 aliphatic heterocycles. The first-order chi connectivity index (χ1) is 18.9. The molecule has 1 aliphatic rings. The molecule has 6 nitrogen and oxygen atoms in total. The SMILES string of the molecule is CSCC[C@H](NC(=O)c1ccc(COC2CCN(Cc3ccccc3)CC2)cc1-c1ccccc1C)C(=O)O.[LiH]. The molecule has 0 radical (unpaired) electrons. The Bertz CT molecular complexity index is 1250. The Morgan fingerprint density at radius 1 is 1.00 bits per heavy atom. The number of carboxylic acid groups (broad SMARTS) is 1. The molecule has 4 rings (SSSR count). The molecule has 40 heavy (non-hydrogen) atoms. The molecule has 208 valence electrons. The second-order valence-electron chi connectivity index (χ2n) is 10.1. The predicted molar refractivity (Wildman–Crippen MR) is 165 cm³/mol. The Balaban J connectivity index is 0.00000441. The van der Waals surface area contributed by atoms with Gasteiger partial charge in [-0.25, -0.2) is 4.79 Å². The monoisotopic (exact) mass is 554 g/mol. The molecule has 8 heteroatoms. The van der Waals surface area contributed by atoms with Crippen molar-refractivity contribution >= 4 is 42.5 Å².